The van der Waals surface area contributed by atoms with Gasteiger partial charge in [0.05, 0.1) is 18.2 Å². The summed E-state index contributed by atoms with van der Waals surface area (Å²) in [6.45, 7) is 7.38. The van der Waals surface area contributed by atoms with E-state index in [-0.39, 0.29) is 12.0 Å². The lowest BCUT2D eigenvalue weighted by Crippen LogP contribution is -2.36. The molecule has 1 amide bonds. The topological polar surface area (TPSA) is 51.1 Å². The summed E-state index contributed by atoms with van der Waals surface area (Å²) in [5.41, 5.74) is 0.522. The number of nitrogens with zero attached hydrogens (tertiary/aromatic N) is 2. The fourth-order valence-electron chi connectivity index (χ4n) is 1.69. The average molecular weight is 212 g/mol. The standard InChI is InChI=1S/C10H16N2O3/c1-10(2,3)15-9(13)12-4-7-6-14-11-8(7)5-12/h7H,4-6H2,1-3H3/t7-/m1/s1. The molecule has 0 aromatic heterocycles. The second kappa shape index (κ2) is 3.40. The molecule has 2 aliphatic rings. The van der Waals surface area contributed by atoms with Crippen LogP contribution >= 0.6 is 0 Å². The summed E-state index contributed by atoms with van der Waals surface area (Å²) in [6.07, 6.45) is -0.264. The minimum atomic E-state index is -0.437. The van der Waals surface area contributed by atoms with Gasteiger partial charge in [-0.15, -0.1) is 0 Å². The van der Waals surface area contributed by atoms with Crippen molar-refractivity contribution >= 4 is 11.8 Å². The van der Waals surface area contributed by atoms with Gasteiger partial charge in [-0.1, -0.05) is 5.16 Å². The molecule has 1 saturated heterocycles. The van der Waals surface area contributed by atoms with Crippen molar-refractivity contribution in [1.29, 1.82) is 0 Å². The molecule has 2 aliphatic heterocycles. The molecule has 5 nitrogen and oxygen atoms in total. The third-order valence-electron chi connectivity index (χ3n) is 2.37. The highest BCUT2D eigenvalue weighted by Gasteiger charge is 2.37. The molecular weight excluding hydrogens is 196 g/mol. The minimum Gasteiger partial charge on any atom is -0.444 e. The smallest absolute Gasteiger partial charge is 0.410 e. The van der Waals surface area contributed by atoms with Gasteiger partial charge in [0.25, 0.3) is 0 Å². The molecule has 0 radical (unpaired) electrons. The molecule has 1 atom stereocenters. The molecule has 5 heteroatoms. The molecule has 0 aliphatic carbocycles. The number of hydrogen-bond acceptors (Lipinski definition) is 4. The summed E-state index contributed by atoms with van der Waals surface area (Å²) in [6, 6.07) is 0. The van der Waals surface area contributed by atoms with Crippen LogP contribution in [0.4, 0.5) is 4.79 Å². The lowest BCUT2D eigenvalue weighted by atomic mass is 10.1. The highest BCUT2D eigenvalue weighted by molar-refractivity contribution is 5.94. The summed E-state index contributed by atoms with van der Waals surface area (Å²) in [5.74, 6) is 0.275. The Morgan fingerprint density at radius 3 is 2.93 bits per heavy atom. The Labute approximate surface area is 89.0 Å². The fraction of sp³-hybridized carbons (Fsp3) is 0.800. The molecular formula is C10H16N2O3. The quantitative estimate of drug-likeness (QED) is 0.607. The van der Waals surface area contributed by atoms with E-state index < -0.39 is 5.60 Å². The third kappa shape index (κ3) is 2.22. The average Bonchev–Trinajstić information content (AvgIpc) is 2.56. The van der Waals surface area contributed by atoms with Crippen LogP contribution in [0.25, 0.3) is 0 Å². The minimum absolute atomic E-state index is 0.264. The Bertz CT molecular complexity index is 306. The first-order valence-corrected chi connectivity index (χ1v) is 5.12. The Balaban J connectivity index is 1.94. The molecule has 15 heavy (non-hydrogen) atoms. The van der Waals surface area contributed by atoms with Crippen LogP contribution in [-0.4, -0.2) is 42.0 Å². The van der Waals surface area contributed by atoms with Gasteiger partial charge in [-0.25, -0.2) is 4.79 Å². The Morgan fingerprint density at radius 2 is 2.33 bits per heavy atom. The number of oxime groups is 1. The SMILES string of the molecule is CC(C)(C)OC(=O)N1CC2=NOC[C@H]2C1. The van der Waals surface area contributed by atoms with Gasteiger partial charge in [0.2, 0.25) is 0 Å². The Hall–Kier alpha value is -1.26. The maximum absolute atomic E-state index is 11.7. The van der Waals surface area contributed by atoms with Crippen molar-refractivity contribution in [2.75, 3.05) is 19.7 Å². The first kappa shape index (κ1) is 10.3. The lowest BCUT2D eigenvalue weighted by molar-refractivity contribution is 0.0273. The van der Waals surface area contributed by atoms with E-state index in [9.17, 15) is 4.79 Å². The van der Waals surface area contributed by atoms with Crippen LogP contribution in [0.1, 0.15) is 20.8 Å². The zero-order valence-electron chi connectivity index (χ0n) is 9.32. The molecule has 0 aromatic carbocycles. The van der Waals surface area contributed by atoms with Crippen molar-refractivity contribution in [1.82, 2.24) is 4.90 Å². The number of carbonyl (C=O) groups excluding carboxylic acids is 1. The maximum atomic E-state index is 11.7. The Kier molecular flexibility index (Phi) is 2.32. The highest BCUT2D eigenvalue weighted by atomic mass is 16.6. The van der Waals surface area contributed by atoms with E-state index >= 15 is 0 Å². The lowest BCUT2D eigenvalue weighted by Gasteiger charge is -2.24. The number of fused-ring (bicyclic) bond motifs is 1. The maximum Gasteiger partial charge on any atom is 0.410 e. The molecule has 0 unspecified atom stereocenters. The van der Waals surface area contributed by atoms with Crippen molar-refractivity contribution in [3.05, 3.63) is 0 Å². The van der Waals surface area contributed by atoms with Crippen molar-refractivity contribution in [3.63, 3.8) is 0 Å². The van der Waals surface area contributed by atoms with Crippen molar-refractivity contribution in [2.24, 2.45) is 11.1 Å². The van der Waals surface area contributed by atoms with Gasteiger partial charge >= 0.3 is 6.09 Å². The van der Waals surface area contributed by atoms with Crippen molar-refractivity contribution in [2.45, 2.75) is 26.4 Å². The predicted octanol–water partition coefficient (Wildman–Crippen LogP) is 1.24. The molecule has 2 rings (SSSR count). The van der Waals surface area contributed by atoms with E-state index in [0.29, 0.717) is 19.7 Å². The summed E-state index contributed by atoms with van der Waals surface area (Å²) >= 11 is 0. The van der Waals surface area contributed by atoms with Crippen LogP contribution in [0, 0.1) is 5.92 Å². The van der Waals surface area contributed by atoms with E-state index in [2.05, 4.69) is 5.16 Å². The normalized spacial score (nSPS) is 24.6. The summed E-state index contributed by atoms with van der Waals surface area (Å²) in [4.78, 5) is 18.3. The number of amides is 1. The fourth-order valence-corrected chi connectivity index (χ4v) is 1.69. The van der Waals surface area contributed by atoms with Crippen LogP contribution in [0.15, 0.2) is 5.16 Å². The molecule has 0 N–H and O–H groups in total. The van der Waals surface area contributed by atoms with E-state index in [4.69, 9.17) is 9.57 Å². The first-order valence-electron chi connectivity index (χ1n) is 5.12. The van der Waals surface area contributed by atoms with Gasteiger partial charge in [0.1, 0.15) is 12.2 Å². The van der Waals surface area contributed by atoms with Gasteiger partial charge in [0.15, 0.2) is 0 Å². The number of ether oxygens (including phenoxy) is 1. The predicted molar refractivity (Wildman–Crippen MR) is 54.7 cm³/mol. The van der Waals surface area contributed by atoms with E-state index in [0.717, 1.165) is 5.71 Å². The van der Waals surface area contributed by atoms with Crippen LogP contribution < -0.4 is 0 Å². The van der Waals surface area contributed by atoms with Gasteiger partial charge < -0.3 is 14.5 Å². The van der Waals surface area contributed by atoms with Crippen LogP contribution in [-0.2, 0) is 9.57 Å². The molecule has 0 bridgehead atoms. The molecule has 0 spiro atoms. The van der Waals surface area contributed by atoms with Crippen LogP contribution in [0.2, 0.25) is 0 Å². The van der Waals surface area contributed by atoms with E-state index in [1.165, 1.54) is 0 Å². The second-order valence-electron chi connectivity index (χ2n) is 4.94. The molecule has 84 valence electrons. The number of hydrogen-bond donors (Lipinski definition) is 0. The molecule has 1 fully saturated rings. The molecule has 0 saturated carbocycles. The number of rotatable bonds is 0. The van der Waals surface area contributed by atoms with Gasteiger partial charge in [-0.3, -0.25) is 0 Å². The third-order valence-corrected chi connectivity index (χ3v) is 2.37. The zero-order chi connectivity index (χ0) is 11.1. The van der Waals surface area contributed by atoms with E-state index in [1.54, 1.807) is 4.90 Å². The summed E-state index contributed by atoms with van der Waals surface area (Å²) in [5, 5.41) is 3.89. The summed E-state index contributed by atoms with van der Waals surface area (Å²) in [7, 11) is 0. The number of carbonyl (C=O) groups is 1. The van der Waals surface area contributed by atoms with Crippen molar-refractivity contribution < 1.29 is 14.4 Å². The second-order valence-corrected chi connectivity index (χ2v) is 4.94. The zero-order valence-corrected chi connectivity index (χ0v) is 9.32. The number of likely N-dealkylation sites (tertiary alicyclic amines) is 1. The monoisotopic (exact) mass is 212 g/mol. The van der Waals surface area contributed by atoms with Gasteiger partial charge in [-0.2, -0.15) is 0 Å². The summed E-state index contributed by atoms with van der Waals surface area (Å²) < 4.78 is 5.28. The van der Waals surface area contributed by atoms with E-state index in [1.807, 2.05) is 20.8 Å². The first-order chi connectivity index (χ1) is 6.96. The van der Waals surface area contributed by atoms with Crippen molar-refractivity contribution in [3.8, 4) is 0 Å². The Morgan fingerprint density at radius 1 is 1.60 bits per heavy atom. The largest absolute Gasteiger partial charge is 0.444 e. The molecule has 0 aromatic rings. The van der Waals surface area contributed by atoms with Crippen LogP contribution in [0.3, 0.4) is 0 Å². The molecule has 2 heterocycles. The van der Waals surface area contributed by atoms with Gasteiger partial charge in [-0.05, 0) is 20.8 Å². The van der Waals surface area contributed by atoms with Gasteiger partial charge in [0, 0.05) is 6.54 Å². The highest BCUT2D eigenvalue weighted by Crippen LogP contribution is 2.21. The van der Waals surface area contributed by atoms with Crippen LogP contribution in [0.5, 0.6) is 0 Å².